The van der Waals surface area contributed by atoms with Crippen LogP contribution in [0.3, 0.4) is 0 Å². The van der Waals surface area contributed by atoms with Crippen molar-refractivity contribution in [1.82, 2.24) is 0 Å². The molecule has 2 rings (SSSR count). The Balaban J connectivity index is 2.33. The number of amides is 1. The summed E-state index contributed by atoms with van der Waals surface area (Å²) in [6.45, 7) is 1.81. The zero-order chi connectivity index (χ0) is 15.6. The fraction of sp³-hybridized carbons (Fsp3) is 0.133. The molecule has 0 bridgehead atoms. The highest BCUT2D eigenvalue weighted by atomic mass is 35.5. The minimum absolute atomic E-state index is 0.0853. The van der Waals surface area contributed by atoms with E-state index >= 15 is 0 Å². The number of carbonyl (C=O) groups is 1. The Hall–Kier alpha value is -1.91. The van der Waals surface area contributed by atoms with Crippen molar-refractivity contribution in [3.63, 3.8) is 0 Å². The van der Waals surface area contributed by atoms with Gasteiger partial charge in [-0.1, -0.05) is 29.3 Å². The van der Waals surface area contributed by atoms with Crippen LogP contribution in [0.15, 0.2) is 30.3 Å². The number of aryl methyl sites for hydroxylation is 1. The van der Waals surface area contributed by atoms with Crippen LogP contribution in [-0.4, -0.2) is 18.1 Å². The average molecular weight is 326 g/mol. The van der Waals surface area contributed by atoms with E-state index in [4.69, 9.17) is 27.9 Å². The van der Waals surface area contributed by atoms with E-state index in [1.165, 1.54) is 13.2 Å². The van der Waals surface area contributed by atoms with Crippen molar-refractivity contribution < 1.29 is 14.6 Å². The van der Waals surface area contributed by atoms with E-state index in [1.807, 2.05) is 6.92 Å². The van der Waals surface area contributed by atoms with E-state index < -0.39 is 5.91 Å². The molecule has 0 aliphatic rings. The number of para-hydroxylation sites is 1. The van der Waals surface area contributed by atoms with Gasteiger partial charge < -0.3 is 15.2 Å². The van der Waals surface area contributed by atoms with Gasteiger partial charge in [-0.2, -0.15) is 0 Å². The number of hydrogen-bond acceptors (Lipinski definition) is 3. The minimum Gasteiger partial charge on any atom is -0.504 e. The van der Waals surface area contributed by atoms with E-state index in [0.717, 1.165) is 5.56 Å². The van der Waals surface area contributed by atoms with Gasteiger partial charge in [0, 0.05) is 5.02 Å². The van der Waals surface area contributed by atoms with Crippen LogP contribution in [0.5, 0.6) is 11.5 Å². The van der Waals surface area contributed by atoms with Gasteiger partial charge >= 0.3 is 0 Å². The highest BCUT2D eigenvalue weighted by molar-refractivity contribution is 6.36. The molecule has 0 fully saturated rings. The van der Waals surface area contributed by atoms with Crippen LogP contribution < -0.4 is 10.1 Å². The fourth-order valence-electron chi connectivity index (χ4n) is 1.80. The van der Waals surface area contributed by atoms with Crippen LogP contribution in [0.4, 0.5) is 5.69 Å². The number of benzene rings is 2. The average Bonchev–Trinajstić information content (AvgIpc) is 2.44. The number of carbonyl (C=O) groups excluding carboxylic acids is 1. The third kappa shape index (κ3) is 3.23. The van der Waals surface area contributed by atoms with Gasteiger partial charge in [-0.25, -0.2) is 0 Å². The quantitative estimate of drug-likeness (QED) is 0.886. The van der Waals surface area contributed by atoms with Gasteiger partial charge in [0.15, 0.2) is 11.5 Å². The summed E-state index contributed by atoms with van der Waals surface area (Å²) in [6, 6.07) is 7.87. The number of halogens is 2. The predicted octanol–water partition coefficient (Wildman–Crippen LogP) is 4.27. The molecule has 0 unspecified atom stereocenters. The topological polar surface area (TPSA) is 58.6 Å². The van der Waals surface area contributed by atoms with E-state index in [1.54, 1.807) is 24.3 Å². The first-order valence-corrected chi connectivity index (χ1v) is 6.82. The third-order valence-electron chi connectivity index (χ3n) is 2.96. The molecule has 2 aromatic carbocycles. The van der Waals surface area contributed by atoms with Crippen LogP contribution in [-0.2, 0) is 0 Å². The molecule has 0 aliphatic heterocycles. The molecule has 0 heterocycles. The van der Waals surface area contributed by atoms with Gasteiger partial charge in [-0.3, -0.25) is 4.79 Å². The first-order valence-electron chi connectivity index (χ1n) is 6.07. The number of hydrogen-bond donors (Lipinski definition) is 2. The molecule has 0 radical (unpaired) electrons. The first kappa shape index (κ1) is 15.5. The van der Waals surface area contributed by atoms with E-state index in [9.17, 15) is 9.90 Å². The molecule has 0 atom stereocenters. The number of aromatic hydroxyl groups is 1. The number of nitrogens with one attached hydrogen (secondary N) is 1. The summed E-state index contributed by atoms with van der Waals surface area (Å²) in [5.41, 5.74) is 1.27. The monoisotopic (exact) mass is 325 g/mol. The van der Waals surface area contributed by atoms with Crippen molar-refractivity contribution in [3.05, 3.63) is 51.5 Å². The summed E-state index contributed by atoms with van der Waals surface area (Å²) in [5.74, 6) is -0.518. The zero-order valence-corrected chi connectivity index (χ0v) is 12.9. The molecule has 2 aromatic rings. The summed E-state index contributed by atoms with van der Waals surface area (Å²) in [7, 11) is 1.41. The molecule has 6 heteroatoms. The minimum atomic E-state index is -0.506. The Morgan fingerprint density at radius 2 is 1.95 bits per heavy atom. The van der Waals surface area contributed by atoms with E-state index in [-0.39, 0.29) is 17.1 Å². The molecule has 0 aromatic heterocycles. The second kappa shape index (κ2) is 6.24. The molecule has 1 amide bonds. The van der Waals surface area contributed by atoms with Gasteiger partial charge in [0.05, 0.1) is 23.4 Å². The molecule has 110 valence electrons. The molecular formula is C15H13Cl2NO3. The Morgan fingerprint density at radius 1 is 1.24 bits per heavy atom. The van der Waals surface area contributed by atoms with Gasteiger partial charge in [-0.15, -0.1) is 0 Å². The lowest BCUT2D eigenvalue weighted by atomic mass is 10.1. The Bertz CT molecular complexity index is 702. The largest absolute Gasteiger partial charge is 0.504 e. The lowest BCUT2D eigenvalue weighted by Crippen LogP contribution is -2.12. The summed E-state index contributed by atoms with van der Waals surface area (Å²) in [6.07, 6.45) is 0. The molecule has 0 saturated carbocycles. The molecule has 4 nitrogen and oxygen atoms in total. The fourth-order valence-corrected chi connectivity index (χ4v) is 2.23. The van der Waals surface area contributed by atoms with Crippen LogP contribution >= 0.6 is 23.2 Å². The number of methoxy groups -OCH3 is 1. The van der Waals surface area contributed by atoms with Crippen molar-refractivity contribution in [2.75, 3.05) is 12.4 Å². The number of phenolic OH excluding ortho intramolecular Hbond substituents is 1. The van der Waals surface area contributed by atoms with Crippen LogP contribution in [0, 0.1) is 6.92 Å². The van der Waals surface area contributed by atoms with Crippen molar-refractivity contribution in [2.45, 2.75) is 6.92 Å². The van der Waals surface area contributed by atoms with Gasteiger partial charge in [0.2, 0.25) is 0 Å². The standard InChI is InChI=1S/C15H13Cl2NO3/c1-8-6-11(17)12(7-10(8)16)18-15(20)9-4-3-5-13(21-2)14(9)19/h3-7,19H,1-2H3,(H,18,20). The summed E-state index contributed by atoms with van der Waals surface area (Å²) >= 11 is 12.1. The van der Waals surface area contributed by atoms with Crippen molar-refractivity contribution in [1.29, 1.82) is 0 Å². The maximum atomic E-state index is 12.2. The van der Waals surface area contributed by atoms with Gasteiger partial charge in [-0.05, 0) is 36.8 Å². The Kier molecular flexibility index (Phi) is 4.60. The van der Waals surface area contributed by atoms with Crippen molar-refractivity contribution >= 4 is 34.8 Å². The SMILES string of the molecule is COc1cccc(C(=O)Nc2cc(Cl)c(C)cc2Cl)c1O. The lowest BCUT2D eigenvalue weighted by molar-refractivity contribution is 0.102. The number of ether oxygens (including phenoxy) is 1. The van der Waals surface area contributed by atoms with Crippen molar-refractivity contribution in [2.24, 2.45) is 0 Å². The summed E-state index contributed by atoms with van der Waals surface area (Å²) in [4.78, 5) is 12.2. The molecule has 2 N–H and O–H groups in total. The van der Waals surface area contributed by atoms with Crippen LogP contribution in [0.1, 0.15) is 15.9 Å². The van der Waals surface area contributed by atoms with Crippen LogP contribution in [0.2, 0.25) is 10.0 Å². The second-order valence-electron chi connectivity index (χ2n) is 4.39. The Labute approximate surface area is 132 Å². The maximum Gasteiger partial charge on any atom is 0.259 e. The zero-order valence-electron chi connectivity index (χ0n) is 11.4. The summed E-state index contributed by atoms with van der Waals surface area (Å²) < 4.78 is 4.97. The molecular weight excluding hydrogens is 313 g/mol. The second-order valence-corrected chi connectivity index (χ2v) is 5.21. The maximum absolute atomic E-state index is 12.2. The van der Waals surface area contributed by atoms with E-state index in [2.05, 4.69) is 5.32 Å². The number of phenols is 1. The van der Waals surface area contributed by atoms with Crippen LogP contribution in [0.25, 0.3) is 0 Å². The number of rotatable bonds is 3. The number of anilines is 1. The predicted molar refractivity (Wildman–Crippen MR) is 83.8 cm³/mol. The van der Waals surface area contributed by atoms with Gasteiger partial charge in [0.25, 0.3) is 5.91 Å². The highest BCUT2D eigenvalue weighted by Crippen LogP contribution is 2.32. The first-order chi connectivity index (χ1) is 9.93. The molecule has 0 spiro atoms. The van der Waals surface area contributed by atoms with E-state index in [0.29, 0.717) is 15.7 Å². The third-order valence-corrected chi connectivity index (χ3v) is 3.68. The molecule has 0 aliphatic carbocycles. The lowest BCUT2D eigenvalue weighted by Gasteiger charge is -2.11. The Morgan fingerprint density at radius 3 is 2.62 bits per heavy atom. The van der Waals surface area contributed by atoms with Gasteiger partial charge in [0.1, 0.15) is 0 Å². The molecule has 0 saturated heterocycles. The normalized spacial score (nSPS) is 10.3. The smallest absolute Gasteiger partial charge is 0.259 e. The van der Waals surface area contributed by atoms with Crippen molar-refractivity contribution in [3.8, 4) is 11.5 Å². The molecule has 21 heavy (non-hydrogen) atoms. The highest BCUT2D eigenvalue weighted by Gasteiger charge is 2.16. The summed E-state index contributed by atoms with van der Waals surface area (Å²) in [5, 5.41) is 13.4.